The van der Waals surface area contributed by atoms with Crippen LogP contribution >= 0.6 is 63.7 Å². The molecule has 4 aromatic carbocycles. The fourth-order valence-corrected chi connectivity index (χ4v) is 9.54. The minimum atomic E-state index is -5.61. The van der Waals surface area contributed by atoms with E-state index in [0.717, 1.165) is 46.4 Å². The zero-order chi connectivity index (χ0) is 44.3. The number of hydrazine groups is 1. The lowest BCUT2D eigenvalue weighted by atomic mass is 9.90. The summed E-state index contributed by atoms with van der Waals surface area (Å²) in [4.78, 5) is 29.0. The molecule has 0 atom stereocenters. The molecule has 3 heterocycles. The van der Waals surface area contributed by atoms with Crippen LogP contribution in [-0.4, -0.2) is 19.8 Å². The second kappa shape index (κ2) is 14.4. The first-order valence-corrected chi connectivity index (χ1v) is 18.9. The van der Waals surface area contributed by atoms with E-state index in [-0.39, 0.29) is 41.4 Å². The van der Waals surface area contributed by atoms with Crippen molar-refractivity contribution in [2.45, 2.75) is 24.7 Å². The Morgan fingerprint density at radius 3 is 1.03 bits per heavy atom. The van der Waals surface area contributed by atoms with Crippen LogP contribution in [0.25, 0.3) is 32.9 Å². The van der Waals surface area contributed by atoms with Gasteiger partial charge in [0.15, 0.2) is 0 Å². The lowest BCUT2D eigenvalue weighted by molar-refractivity contribution is -0.385. The normalized spacial score (nSPS) is 13.5. The Morgan fingerprint density at radius 2 is 0.783 bits per heavy atom. The van der Waals surface area contributed by atoms with Gasteiger partial charge in [-0.2, -0.15) is 52.7 Å². The van der Waals surface area contributed by atoms with Gasteiger partial charge in [0.2, 0.25) is 0 Å². The van der Waals surface area contributed by atoms with Gasteiger partial charge in [-0.3, -0.25) is 20.2 Å². The van der Waals surface area contributed by atoms with E-state index < -0.39 is 113 Å². The third-order valence-corrected chi connectivity index (χ3v) is 11.3. The molecule has 0 spiro atoms. The van der Waals surface area contributed by atoms with E-state index in [4.69, 9.17) is 0 Å². The van der Waals surface area contributed by atoms with Crippen LogP contribution in [0.3, 0.4) is 0 Å². The molecule has 26 heteroatoms. The van der Waals surface area contributed by atoms with Gasteiger partial charge in [0.25, 0.3) is 11.4 Å². The lowest BCUT2D eigenvalue weighted by Gasteiger charge is -2.45. The van der Waals surface area contributed by atoms with E-state index in [1.165, 1.54) is 0 Å². The molecule has 60 heavy (non-hydrogen) atoms. The number of alkyl halides is 12. The number of pyridine rings is 2. The number of benzene rings is 4. The molecule has 7 rings (SSSR count). The van der Waals surface area contributed by atoms with Crippen LogP contribution in [0.4, 0.5) is 86.8 Å². The van der Waals surface area contributed by atoms with Gasteiger partial charge in [0, 0.05) is 46.2 Å². The van der Waals surface area contributed by atoms with Crippen LogP contribution < -0.4 is 10.0 Å². The summed E-state index contributed by atoms with van der Waals surface area (Å²) in [5.74, 6) is 0. The first-order chi connectivity index (χ1) is 27.6. The fraction of sp³-hybridized carbons (Fsp3) is 0.118. The minimum Gasteiger partial charge on any atom is -0.258 e. The number of rotatable bonds is 4. The van der Waals surface area contributed by atoms with Crippen molar-refractivity contribution in [3.8, 4) is 11.1 Å². The van der Waals surface area contributed by atoms with E-state index in [1.807, 2.05) is 0 Å². The van der Waals surface area contributed by atoms with Gasteiger partial charge in [-0.15, -0.1) is 0 Å². The van der Waals surface area contributed by atoms with Crippen molar-refractivity contribution < 1.29 is 62.5 Å². The van der Waals surface area contributed by atoms with Crippen LogP contribution in [0.2, 0.25) is 0 Å². The highest BCUT2D eigenvalue weighted by Crippen LogP contribution is 2.59. The molecule has 0 amide bonds. The molecule has 0 saturated carbocycles. The molecule has 312 valence electrons. The summed E-state index contributed by atoms with van der Waals surface area (Å²) < 4.78 is 173. The molecule has 0 radical (unpaired) electrons. The second-order valence-corrected chi connectivity index (χ2v) is 15.9. The third kappa shape index (κ3) is 7.26. The van der Waals surface area contributed by atoms with Gasteiger partial charge < -0.3 is 0 Å². The molecule has 2 aromatic heterocycles. The van der Waals surface area contributed by atoms with E-state index in [2.05, 4.69) is 73.7 Å². The van der Waals surface area contributed by atoms with Crippen molar-refractivity contribution in [2.24, 2.45) is 0 Å². The number of nitrogens with zero attached hydrogens (tertiary/aromatic N) is 6. The van der Waals surface area contributed by atoms with Crippen molar-refractivity contribution in [1.82, 2.24) is 9.97 Å². The molecule has 0 aliphatic carbocycles. The number of fused-ring (bicyclic) bond motifs is 7. The number of nitro benzene ring substituents is 2. The molecule has 6 aromatic rings. The zero-order valence-electron chi connectivity index (χ0n) is 28.1. The highest BCUT2D eigenvalue weighted by atomic mass is 79.9. The number of halogens is 16. The maximum Gasteiger partial charge on any atom is 0.433 e. The zero-order valence-corrected chi connectivity index (χ0v) is 34.5. The van der Waals surface area contributed by atoms with E-state index in [9.17, 15) is 72.9 Å². The molecule has 1 aliphatic rings. The molecule has 0 fully saturated rings. The summed E-state index contributed by atoms with van der Waals surface area (Å²) in [6.07, 6.45) is -22.3. The number of aromatic nitrogens is 2. The van der Waals surface area contributed by atoms with Gasteiger partial charge in [0.05, 0.1) is 72.6 Å². The minimum absolute atomic E-state index is 0.220. The first-order valence-electron chi connectivity index (χ1n) is 15.7. The molecule has 0 N–H and O–H groups in total. The van der Waals surface area contributed by atoms with Crippen molar-refractivity contribution in [3.05, 3.63) is 121 Å². The molecular weight excluding hydrogens is 1100 g/mol. The van der Waals surface area contributed by atoms with Crippen LogP contribution in [0, 0.1) is 20.2 Å². The predicted octanol–water partition coefficient (Wildman–Crippen LogP) is 14.6. The van der Waals surface area contributed by atoms with Gasteiger partial charge in [-0.1, -0.05) is 12.1 Å². The van der Waals surface area contributed by atoms with Crippen LogP contribution in [0.15, 0.2) is 78.6 Å². The highest BCUT2D eigenvalue weighted by Gasteiger charge is 2.45. The van der Waals surface area contributed by atoms with Crippen molar-refractivity contribution >= 4 is 120 Å². The van der Waals surface area contributed by atoms with E-state index >= 15 is 0 Å². The Morgan fingerprint density at radius 1 is 0.483 bits per heavy atom. The monoisotopic (exact) mass is 1110 g/mol. The number of hydrogen-bond acceptors (Lipinski definition) is 8. The Bertz CT molecular complexity index is 2630. The summed E-state index contributed by atoms with van der Waals surface area (Å²) in [5, 5.41) is 23.5. The molecule has 0 unspecified atom stereocenters. The third-order valence-electron chi connectivity index (χ3n) is 8.87. The first kappa shape index (κ1) is 43.3. The Hall–Kier alpha value is -4.82. The fourth-order valence-electron chi connectivity index (χ4n) is 6.54. The van der Waals surface area contributed by atoms with Gasteiger partial charge in [-0.05, 0) is 88.0 Å². The van der Waals surface area contributed by atoms with E-state index in [1.54, 1.807) is 0 Å². The maximum atomic E-state index is 14.6. The largest absolute Gasteiger partial charge is 0.433 e. The van der Waals surface area contributed by atoms with Crippen LogP contribution in [0.5, 0.6) is 0 Å². The summed E-state index contributed by atoms with van der Waals surface area (Å²) >= 11 is 12.8. The summed E-state index contributed by atoms with van der Waals surface area (Å²) in [7, 11) is 0. The van der Waals surface area contributed by atoms with Gasteiger partial charge in [-0.25, -0.2) is 20.0 Å². The van der Waals surface area contributed by atoms with Gasteiger partial charge >= 0.3 is 24.7 Å². The topological polar surface area (TPSA) is 119 Å². The number of nitro groups is 2. The number of hydrogen-bond donors (Lipinski definition) is 0. The molecular formula is C34H10Br4F12N6O4. The summed E-state index contributed by atoms with van der Waals surface area (Å²) in [5.41, 5.74) is -15.2. The summed E-state index contributed by atoms with van der Waals surface area (Å²) in [6, 6.07) is 6.12. The van der Waals surface area contributed by atoms with Crippen LogP contribution in [-0.2, 0) is 24.7 Å². The highest BCUT2D eigenvalue weighted by molar-refractivity contribution is 9.11. The second-order valence-electron chi connectivity index (χ2n) is 12.5. The Balaban J connectivity index is 1.81. The standard InChI is InChI=1S/C34H10Br4F12N6O4/c35-17-5-11(55(57)58)6-18(36)29(17)53-21-3-1-13-15(31(39,40)41)9-23(33(45,46)47)51-27(13)25(21)26-22(54(53)30-19(37)7-12(56(59)60)8-20(30)38)4-2-14-16(32(42,43)44)10-24(34(48,49)50)52-28(14)26/h1-10H. The predicted molar refractivity (Wildman–Crippen MR) is 204 cm³/mol. The molecule has 0 saturated heterocycles. The van der Waals surface area contributed by atoms with Crippen molar-refractivity contribution in [1.29, 1.82) is 0 Å². The average Bonchev–Trinajstić information content (AvgIpc) is 3.11. The maximum absolute atomic E-state index is 14.6. The molecule has 0 bridgehead atoms. The Labute approximate surface area is 357 Å². The molecule has 10 nitrogen and oxygen atoms in total. The summed E-state index contributed by atoms with van der Waals surface area (Å²) in [6.45, 7) is 0. The van der Waals surface area contributed by atoms with E-state index in [0.29, 0.717) is 12.1 Å². The number of non-ortho nitro benzene ring substituents is 2. The quantitative estimate of drug-likeness (QED) is 0.0973. The van der Waals surface area contributed by atoms with Crippen molar-refractivity contribution in [2.75, 3.05) is 10.0 Å². The average molecular weight is 1110 g/mol. The van der Waals surface area contributed by atoms with Crippen molar-refractivity contribution in [3.63, 3.8) is 0 Å². The van der Waals surface area contributed by atoms with Crippen LogP contribution in [0.1, 0.15) is 22.5 Å². The smallest absolute Gasteiger partial charge is 0.258 e. The lowest BCUT2D eigenvalue weighted by Crippen LogP contribution is -2.40. The van der Waals surface area contributed by atoms with Gasteiger partial charge in [0.1, 0.15) is 11.4 Å². The SMILES string of the molecule is O=[N+]([O-])c1cc(Br)c(N2c3ccc4c(C(F)(F)F)cc(C(F)(F)F)nc4c3-c3c(ccc4c(C(F)(F)F)cc(C(F)(F)F)nc34)N2c2c(Br)cc([N+](=O)[O-])cc2Br)c(Br)c1. The Kier molecular flexibility index (Phi) is 10.4. The molecule has 1 aliphatic heterocycles. The number of anilines is 4.